The summed E-state index contributed by atoms with van der Waals surface area (Å²) in [5.41, 5.74) is 1.88. The third-order valence-electron chi connectivity index (χ3n) is 3.45. The molecule has 0 saturated heterocycles. The van der Waals surface area contributed by atoms with E-state index >= 15 is 0 Å². The normalized spacial score (nSPS) is 10.9. The lowest BCUT2D eigenvalue weighted by Crippen LogP contribution is -2.14. The molecule has 1 N–H and O–H groups in total. The van der Waals surface area contributed by atoms with Gasteiger partial charge in [-0.1, -0.05) is 35.3 Å². The Kier molecular flexibility index (Phi) is 6.46. The van der Waals surface area contributed by atoms with Gasteiger partial charge < -0.3 is 10.1 Å². The van der Waals surface area contributed by atoms with E-state index in [-0.39, 0.29) is 5.57 Å². The standard InChI is InChI=1S/C19H16Cl2N2O2/c1-3-25-18-8-7-13(10-16(18)21)9-14(11-22)19(24)23-17-6-4-5-15(20)12(17)2/h4-10H,3H2,1-2H3,(H,23,24)/b14-9-. The van der Waals surface area contributed by atoms with E-state index in [0.29, 0.717) is 33.7 Å². The van der Waals surface area contributed by atoms with E-state index in [4.69, 9.17) is 27.9 Å². The van der Waals surface area contributed by atoms with E-state index in [1.807, 2.05) is 13.0 Å². The Morgan fingerprint density at radius 1 is 1.28 bits per heavy atom. The first-order valence-electron chi connectivity index (χ1n) is 7.57. The maximum absolute atomic E-state index is 12.4. The maximum Gasteiger partial charge on any atom is 0.266 e. The Morgan fingerprint density at radius 2 is 2.04 bits per heavy atom. The second-order valence-electron chi connectivity index (χ2n) is 5.16. The first kappa shape index (κ1) is 18.9. The smallest absolute Gasteiger partial charge is 0.266 e. The number of nitriles is 1. The molecule has 0 radical (unpaired) electrons. The number of hydrogen-bond acceptors (Lipinski definition) is 3. The van der Waals surface area contributed by atoms with Crippen LogP contribution in [0.1, 0.15) is 18.1 Å². The second kappa shape index (κ2) is 8.57. The summed E-state index contributed by atoms with van der Waals surface area (Å²) in [4.78, 5) is 12.4. The molecule has 0 bridgehead atoms. The lowest BCUT2D eigenvalue weighted by atomic mass is 10.1. The van der Waals surface area contributed by atoms with Crippen molar-refractivity contribution in [1.29, 1.82) is 5.26 Å². The zero-order valence-corrected chi connectivity index (χ0v) is 15.3. The molecule has 0 aliphatic heterocycles. The summed E-state index contributed by atoms with van der Waals surface area (Å²) < 4.78 is 5.36. The average molecular weight is 375 g/mol. The molecule has 0 saturated carbocycles. The highest BCUT2D eigenvalue weighted by molar-refractivity contribution is 6.32. The van der Waals surface area contributed by atoms with Crippen LogP contribution in [0.5, 0.6) is 5.75 Å². The molecule has 0 unspecified atom stereocenters. The third kappa shape index (κ3) is 4.76. The molecular weight excluding hydrogens is 359 g/mol. The molecule has 128 valence electrons. The Labute approximate surface area is 156 Å². The van der Waals surface area contributed by atoms with Gasteiger partial charge >= 0.3 is 0 Å². The fourth-order valence-corrected chi connectivity index (χ4v) is 2.55. The summed E-state index contributed by atoms with van der Waals surface area (Å²) >= 11 is 12.2. The van der Waals surface area contributed by atoms with Crippen molar-refractivity contribution in [2.24, 2.45) is 0 Å². The van der Waals surface area contributed by atoms with Crippen LogP contribution in [0.25, 0.3) is 6.08 Å². The van der Waals surface area contributed by atoms with Crippen molar-refractivity contribution in [2.75, 3.05) is 11.9 Å². The van der Waals surface area contributed by atoms with E-state index in [9.17, 15) is 10.1 Å². The number of rotatable bonds is 5. The minimum atomic E-state index is -0.516. The van der Waals surface area contributed by atoms with E-state index in [1.165, 1.54) is 6.08 Å². The Bertz CT molecular complexity index is 870. The summed E-state index contributed by atoms with van der Waals surface area (Å²) in [6.45, 7) is 4.15. The number of hydrogen-bond donors (Lipinski definition) is 1. The van der Waals surface area contributed by atoms with Gasteiger partial charge in [0.05, 0.1) is 11.6 Å². The highest BCUT2D eigenvalue weighted by atomic mass is 35.5. The van der Waals surface area contributed by atoms with Crippen LogP contribution < -0.4 is 10.1 Å². The SMILES string of the molecule is CCOc1ccc(/C=C(/C#N)C(=O)Nc2cccc(Cl)c2C)cc1Cl. The minimum absolute atomic E-state index is 0.0420. The first-order chi connectivity index (χ1) is 12.0. The van der Waals surface area contributed by atoms with Crippen molar-refractivity contribution in [3.8, 4) is 11.8 Å². The molecule has 0 aromatic heterocycles. The Hall–Kier alpha value is -2.48. The predicted octanol–water partition coefficient (Wildman–Crippen LogP) is 5.25. The van der Waals surface area contributed by atoms with E-state index in [0.717, 1.165) is 5.56 Å². The van der Waals surface area contributed by atoms with Gasteiger partial charge in [-0.3, -0.25) is 4.79 Å². The zero-order chi connectivity index (χ0) is 18.4. The molecule has 4 nitrogen and oxygen atoms in total. The highest BCUT2D eigenvalue weighted by Crippen LogP contribution is 2.27. The molecule has 0 fully saturated rings. The van der Waals surface area contributed by atoms with Gasteiger partial charge in [-0.25, -0.2) is 0 Å². The minimum Gasteiger partial charge on any atom is -0.492 e. The average Bonchev–Trinajstić information content (AvgIpc) is 2.59. The quantitative estimate of drug-likeness (QED) is 0.574. The maximum atomic E-state index is 12.4. The fraction of sp³-hybridized carbons (Fsp3) is 0.158. The van der Waals surface area contributed by atoms with Gasteiger partial charge in [0.25, 0.3) is 5.91 Å². The molecule has 2 rings (SSSR count). The van der Waals surface area contributed by atoms with Crippen LogP contribution in [-0.4, -0.2) is 12.5 Å². The molecule has 0 spiro atoms. The Morgan fingerprint density at radius 3 is 2.68 bits per heavy atom. The summed E-state index contributed by atoms with van der Waals surface area (Å²) in [6, 6.07) is 12.2. The van der Waals surface area contributed by atoms with E-state index < -0.39 is 5.91 Å². The van der Waals surface area contributed by atoms with Crippen molar-refractivity contribution >= 4 is 40.9 Å². The van der Waals surface area contributed by atoms with Gasteiger partial charge in [-0.15, -0.1) is 0 Å². The van der Waals surface area contributed by atoms with Crippen LogP contribution in [0.2, 0.25) is 10.0 Å². The summed E-state index contributed by atoms with van der Waals surface area (Å²) in [7, 11) is 0. The van der Waals surface area contributed by atoms with Crippen molar-refractivity contribution < 1.29 is 9.53 Å². The van der Waals surface area contributed by atoms with Gasteiger partial charge in [0.2, 0.25) is 0 Å². The highest BCUT2D eigenvalue weighted by Gasteiger charge is 2.12. The Balaban J connectivity index is 2.25. The van der Waals surface area contributed by atoms with Gasteiger partial charge in [0.1, 0.15) is 17.4 Å². The van der Waals surface area contributed by atoms with Crippen LogP contribution in [-0.2, 0) is 4.79 Å². The number of nitrogens with zero attached hydrogens (tertiary/aromatic N) is 1. The van der Waals surface area contributed by atoms with E-state index in [2.05, 4.69) is 5.32 Å². The zero-order valence-electron chi connectivity index (χ0n) is 13.8. The van der Waals surface area contributed by atoms with Crippen LogP contribution in [0, 0.1) is 18.3 Å². The van der Waals surface area contributed by atoms with Crippen molar-refractivity contribution in [3.63, 3.8) is 0 Å². The van der Waals surface area contributed by atoms with Gasteiger partial charge in [0, 0.05) is 10.7 Å². The first-order valence-corrected chi connectivity index (χ1v) is 8.32. The topological polar surface area (TPSA) is 62.1 Å². The summed E-state index contributed by atoms with van der Waals surface area (Å²) in [5.74, 6) is 0.0386. The number of halogens is 2. The van der Waals surface area contributed by atoms with Gasteiger partial charge in [-0.05, 0) is 55.3 Å². The van der Waals surface area contributed by atoms with Gasteiger partial charge in [0.15, 0.2) is 0 Å². The molecule has 0 aliphatic carbocycles. The summed E-state index contributed by atoms with van der Waals surface area (Å²) in [6.07, 6.45) is 1.47. The molecule has 25 heavy (non-hydrogen) atoms. The van der Waals surface area contributed by atoms with Crippen LogP contribution in [0.3, 0.4) is 0 Å². The molecule has 0 atom stereocenters. The van der Waals surface area contributed by atoms with Crippen molar-refractivity contribution in [2.45, 2.75) is 13.8 Å². The molecule has 6 heteroatoms. The molecule has 0 aliphatic rings. The molecule has 1 amide bonds. The van der Waals surface area contributed by atoms with Crippen molar-refractivity contribution in [3.05, 3.63) is 63.1 Å². The number of amides is 1. The number of anilines is 1. The monoisotopic (exact) mass is 374 g/mol. The number of ether oxygens (including phenoxy) is 1. The number of nitrogens with one attached hydrogen (secondary N) is 1. The van der Waals surface area contributed by atoms with Crippen LogP contribution in [0.15, 0.2) is 42.0 Å². The summed E-state index contributed by atoms with van der Waals surface area (Å²) in [5, 5.41) is 13.0. The molecule has 2 aromatic rings. The van der Waals surface area contributed by atoms with E-state index in [1.54, 1.807) is 43.3 Å². The molecule has 2 aromatic carbocycles. The molecular formula is C19H16Cl2N2O2. The number of carbonyl (C=O) groups excluding carboxylic acids is 1. The second-order valence-corrected chi connectivity index (χ2v) is 5.97. The van der Waals surface area contributed by atoms with Crippen LogP contribution in [0.4, 0.5) is 5.69 Å². The lowest BCUT2D eigenvalue weighted by Gasteiger charge is -2.09. The number of carbonyl (C=O) groups is 1. The fourth-order valence-electron chi connectivity index (χ4n) is 2.13. The lowest BCUT2D eigenvalue weighted by molar-refractivity contribution is -0.112. The molecule has 0 heterocycles. The third-order valence-corrected chi connectivity index (χ3v) is 4.15. The van der Waals surface area contributed by atoms with Crippen molar-refractivity contribution in [1.82, 2.24) is 0 Å². The largest absolute Gasteiger partial charge is 0.492 e. The van der Waals surface area contributed by atoms with Gasteiger partial charge in [-0.2, -0.15) is 5.26 Å². The van der Waals surface area contributed by atoms with Crippen LogP contribution >= 0.6 is 23.2 Å². The predicted molar refractivity (Wildman–Crippen MR) is 101 cm³/mol. The number of benzene rings is 2.